The van der Waals surface area contributed by atoms with Crippen LogP contribution in [0.2, 0.25) is 0 Å². The quantitative estimate of drug-likeness (QED) is 0.212. The lowest BCUT2D eigenvalue weighted by Gasteiger charge is -2.10. The Hall–Kier alpha value is -3.29. The highest BCUT2D eigenvalue weighted by Crippen LogP contribution is 2.36. The topological polar surface area (TPSA) is 101 Å². The number of hydrogen-bond donors (Lipinski definition) is 2. The van der Waals surface area contributed by atoms with Crippen LogP contribution in [-0.2, 0) is 15.8 Å². The van der Waals surface area contributed by atoms with E-state index in [2.05, 4.69) is 5.32 Å². The number of halogens is 6. The number of alkyl halides is 3. The molecule has 0 unspecified atom stereocenters. The van der Waals surface area contributed by atoms with E-state index in [-0.39, 0.29) is 4.90 Å². The zero-order valence-electron chi connectivity index (χ0n) is 15.1. The molecule has 0 aliphatic carbocycles. The molecule has 0 aliphatic rings. The highest BCUT2D eigenvalue weighted by Gasteiger charge is 2.33. The Bertz CT molecular complexity index is 1030. The summed E-state index contributed by atoms with van der Waals surface area (Å²) in [6, 6.07) is 3.16. The Labute approximate surface area is 174 Å². The predicted molar refractivity (Wildman–Crippen MR) is 96.8 cm³/mol. The molecule has 0 bridgehead atoms. The molecule has 0 aliphatic heterocycles. The third-order valence-corrected chi connectivity index (χ3v) is 4.66. The van der Waals surface area contributed by atoms with Crippen LogP contribution < -0.4 is 10.6 Å². The van der Waals surface area contributed by atoms with Crippen LogP contribution in [0.25, 0.3) is 0 Å². The number of thioether (sulfide) groups is 1. The van der Waals surface area contributed by atoms with Gasteiger partial charge in [-0.25, -0.2) is 13.2 Å². The van der Waals surface area contributed by atoms with E-state index < -0.39 is 69.6 Å². The number of rotatable bonds is 7. The standard InChI is InChI=1S/C17H11F6N3O4S/c18-9-2-3-10(16(20)15(9)19)25-13(27)6-24-14(28)7-31-12-4-1-8(17(21,22)23)5-11(12)26(29)30/h1-5H,6-7H2,(H,24,28)(H,25,27). The molecule has 0 heterocycles. The zero-order chi connectivity index (χ0) is 23.3. The molecule has 2 N–H and O–H groups in total. The van der Waals surface area contributed by atoms with Gasteiger partial charge in [0.05, 0.1) is 33.4 Å². The van der Waals surface area contributed by atoms with Crippen molar-refractivity contribution < 1.29 is 40.9 Å². The first-order valence-electron chi connectivity index (χ1n) is 8.08. The summed E-state index contributed by atoms with van der Waals surface area (Å²) in [7, 11) is 0. The van der Waals surface area contributed by atoms with Gasteiger partial charge in [-0.1, -0.05) is 0 Å². The molecule has 2 aromatic rings. The lowest BCUT2D eigenvalue weighted by atomic mass is 10.2. The van der Waals surface area contributed by atoms with Crippen molar-refractivity contribution in [3.63, 3.8) is 0 Å². The second kappa shape index (κ2) is 9.68. The summed E-state index contributed by atoms with van der Waals surface area (Å²) in [5.74, 6) is -7.18. The van der Waals surface area contributed by atoms with Crippen molar-refractivity contribution in [2.45, 2.75) is 11.1 Å². The largest absolute Gasteiger partial charge is 0.416 e. The van der Waals surface area contributed by atoms with Crippen LogP contribution in [0.15, 0.2) is 35.2 Å². The number of benzene rings is 2. The average Bonchev–Trinajstić information content (AvgIpc) is 2.70. The second-order valence-corrected chi connectivity index (χ2v) is 6.79. The molecule has 7 nitrogen and oxygen atoms in total. The maximum absolute atomic E-state index is 13.5. The van der Waals surface area contributed by atoms with E-state index in [0.717, 1.165) is 12.1 Å². The number of nitrogens with zero attached hydrogens (tertiary/aromatic N) is 1. The normalized spacial score (nSPS) is 11.2. The highest BCUT2D eigenvalue weighted by atomic mass is 32.2. The van der Waals surface area contributed by atoms with Crippen molar-refractivity contribution in [2.75, 3.05) is 17.6 Å². The molecule has 0 spiro atoms. The van der Waals surface area contributed by atoms with Crippen molar-refractivity contribution in [3.8, 4) is 0 Å². The lowest BCUT2D eigenvalue weighted by Crippen LogP contribution is -2.34. The van der Waals surface area contributed by atoms with Gasteiger partial charge < -0.3 is 10.6 Å². The van der Waals surface area contributed by atoms with Gasteiger partial charge in [-0.3, -0.25) is 19.7 Å². The molecular formula is C17H11F6N3O4S. The molecule has 0 atom stereocenters. The van der Waals surface area contributed by atoms with E-state index in [4.69, 9.17) is 0 Å². The minimum Gasteiger partial charge on any atom is -0.346 e. The Balaban J connectivity index is 1.93. The fraction of sp³-hybridized carbons (Fsp3) is 0.176. The number of anilines is 1. The summed E-state index contributed by atoms with van der Waals surface area (Å²) in [5.41, 5.74) is -2.73. The molecule has 0 saturated heterocycles. The smallest absolute Gasteiger partial charge is 0.346 e. The van der Waals surface area contributed by atoms with E-state index in [1.54, 1.807) is 0 Å². The lowest BCUT2D eigenvalue weighted by molar-refractivity contribution is -0.388. The first-order valence-corrected chi connectivity index (χ1v) is 9.07. The molecule has 0 saturated carbocycles. The number of amides is 2. The maximum Gasteiger partial charge on any atom is 0.416 e. The molecule has 0 radical (unpaired) electrons. The van der Waals surface area contributed by atoms with Crippen molar-refractivity contribution in [1.29, 1.82) is 0 Å². The number of hydrogen-bond acceptors (Lipinski definition) is 5. The van der Waals surface area contributed by atoms with Crippen LogP contribution in [0.1, 0.15) is 5.56 Å². The summed E-state index contributed by atoms with van der Waals surface area (Å²) < 4.78 is 77.5. The fourth-order valence-corrected chi connectivity index (χ4v) is 2.98. The van der Waals surface area contributed by atoms with E-state index >= 15 is 0 Å². The third kappa shape index (κ3) is 6.34. The Kier molecular flexibility index (Phi) is 7.49. The van der Waals surface area contributed by atoms with E-state index in [0.29, 0.717) is 30.0 Å². The molecule has 0 aromatic heterocycles. The summed E-state index contributed by atoms with van der Waals surface area (Å²) in [6.07, 6.45) is -4.79. The zero-order valence-corrected chi connectivity index (χ0v) is 15.9. The summed E-state index contributed by atoms with van der Waals surface area (Å²) >= 11 is 0.560. The molecular weight excluding hydrogens is 456 g/mol. The van der Waals surface area contributed by atoms with Crippen LogP contribution in [-0.4, -0.2) is 29.0 Å². The predicted octanol–water partition coefficient (Wildman–Crippen LogP) is 3.88. The Morgan fingerprint density at radius 1 is 1.03 bits per heavy atom. The van der Waals surface area contributed by atoms with Gasteiger partial charge in [0.25, 0.3) is 5.69 Å². The molecule has 0 fully saturated rings. The van der Waals surface area contributed by atoms with Gasteiger partial charge in [0.2, 0.25) is 11.8 Å². The van der Waals surface area contributed by atoms with Gasteiger partial charge in [0, 0.05) is 6.07 Å². The van der Waals surface area contributed by atoms with Gasteiger partial charge in [0.15, 0.2) is 17.5 Å². The van der Waals surface area contributed by atoms with Crippen molar-refractivity contribution >= 4 is 35.0 Å². The van der Waals surface area contributed by atoms with E-state index in [9.17, 15) is 46.0 Å². The number of carbonyl (C=O) groups excluding carboxylic acids is 2. The second-order valence-electron chi connectivity index (χ2n) is 5.77. The van der Waals surface area contributed by atoms with Crippen molar-refractivity contribution in [1.82, 2.24) is 5.32 Å². The molecule has 31 heavy (non-hydrogen) atoms. The van der Waals surface area contributed by atoms with Crippen LogP contribution >= 0.6 is 11.8 Å². The van der Waals surface area contributed by atoms with E-state index in [1.807, 2.05) is 5.32 Å². The summed E-state index contributed by atoms with van der Waals surface area (Å²) in [5, 5.41) is 15.0. The first kappa shape index (κ1) is 24.0. The number of carbonyl (C=O) groups is 2. The molecule has 2 rings (SSSR count). The van der Waals surface area contributed by atoms with Gasteiger partial charge in [-0.2, -0.15) is 13.2 Å². The number of nitro groups is 1. The van der Waals surface area contributed by atoms with Gasteiger partial charge in [-0.15, -0.1) is 11.8 Å². The van der Waals surface area contributed by atoms with Crippen LogP contribution in [0.3, 0.4) is 0 Å². The van der Waals surface area contributed by atoms with Crippen molar-refractivity contribution in [3.05, 3.63) is 63.5 Å². The molecule has 14 heteroatoms. The number of nitro benzene ring substituents is 1. The molecule has 2 amide bonds. The van der Waals surface area contributed by atoms with Crippen LogP contribution in [0.5, 0.6) is 0 Å². The van der Waals surface area contributed by atoms with Crippen LogP contribution in [0, 0.1) is 27.6 Å². The molecule has 2 aromatic carbocycles. The maximum atomic E-state index is 13.5. The minimum absolute atomic E-state index is 0.207. The number of nitrogens with one attached hydrogen (secondary N) is 2. The minimum atomic E-state index is -4.79. The Morgan fingerprint density at radius 2 is 1.71 bits per heavy atom. The van der Waals surface area contributed by atoms with Gasteiger partial charge >= 0.3 is 6.18 Å². The monoisotopic (exact) mass is 467 g/mol. The van der Waals surface area contributed by atoms with E-state index in [1.165, 1.54) is 0 Å². The van der Waals surface area contributed by atoms with Crippen molar-refractivity contribution in [2.24, 2.45) is 0 Å². The van der Waals surface area contributed by atoms with Gasteiger partial charge in [0.1, 0.15) is 0 Å². The fourth-order valence-electron chi connectivity index (χ4n) is 2.15. The Morgan fingerprint density at radius 3 is 2.32 bits per heavy atom. The average molecular weight is 467 g/mol. The highest BCUT2D eigenvalue weighted by molar-refractivity contribution is 8.00. The first-order chi connectivity index (χ1) is 14.4. The molecule has 166 valence electrons. The summed E-state index contributed by atoms with van der Waals surface area (Å²) in [4.78, 5) is 33.3. The van der Waals surface area contributed by atoms with Gasteiger partial charge in [-0.05, 0) is 24.3 Å². The van der Waals surface area contributed by atoms with Crippen LogP contribution in [0.4, 0.5) is 37.7 Å². The SMILES string of the molecule is O=C(CSc1ccc(C(F)(F)F)cc1[N+](=O)[O-])NCC(=O)Nc1ccc(F)c(F)c1F. The summed E-state index contributed by atoms with van der Waals surface area (Å²) in [6.45, 7) is -0.701. The third-order valence-electron chi connectivity index (χ3n) is 3.60.